The highest BCUT2D eigenvalue weighted by molar-refractivity contribution is 5.81. The van der Waals surface area contributed by atoms with Gasteiger partial charge in [0.2, 0.25) is 0 Å². The second-order valence-electron chi connectivity index (χ2n) is 5.62. The van der Waals surface area contributed by atoms with Gasteiger partial charge in [-0.05, 0) is 50.8 Å². The van der Waals surface area contributed by atoms with Crippen LogP contribution in [0.25, 0.3) is 0 Å². The van der Waals surface area contributed by atoms with Gasteiger partial charge in [-0.15, -0.1) is 0 Å². The maximum absolute atomic E-state index is 14.0. The molecule has 0 aromatic heterocycles. The molecule has 0 radical (unpaired) electrons. The Hall–Kier alpha value is -1.62. The summed E-state index contributed by atoms with van der Waals surface area (Å²) in [6, 6.07) is 4.38. The molecular formula is C16H23FN2O2. The number of carbonyl (C=O) groups excluding carboxylic acids is 1. The normalized spacial score (nSPS) is 18.2. The number of hydrogen-bond acceptors (Lipinski definition) is 3. The lowest BCUT2D eigenvalue weighted by atomic mass is 10.1. The minimum absolute atomic E-state index is 0.0784. The molecule has 0 bridgehead atoms. The summed E-state index contributed by atoms with van der Waals surface area (Å²) in [7, 11) is 0. The summed E-state index contributed by atoms with van der Waals surface area (Å²) in [5.74, 6) is -0.467. The standard InChI is InChI=1S/C16H23FN2O2/c1-11(18)13-6-7-15(14(17)10-13)21-12(2)16(20)19-8-4-3-5-9-19/h6-7,10-12H,3-5,8-9,18H2,1-2H3/t11-,12?/m0/s1. The van der Waals surface area contributed by atoms with Crippen LogP contribution in [0.15, 0.2) is 18.2 Å². The summed E-state index contributed by atoms with van der Waals surface area (Å²) in [5, 5.41) is 0. The van der Waals surface area contributed by atoms with Crippen LogP contribution in [-0.2, 0) is 4.79 Å². The van der Waals surface area contributed by atoms with E-state index in [1.807, 2.05) is 0 Å². The van der Waals surface area contributed by atoms with Gasteiger partial charge in [0.05, 0.1) is 0 Å². The van der Waals surface area contributed by atoms with Gasteiger partial charge in [0.25, 0.3) is 5.91 Å². The minimum Gasteiger partial charge on any atom is -0.478 e. The molecule has 2 rings (SSSR count). The number of ether oxygens (including phenoxy) is 1. The number of piperidine rings is 1. The minimum atomic E-state index is -0.682. The van der Waals surface area contributed by atoms with E-state index in [-0.39, 0.29) is 17.7 Å². The zero-order chi connectivity index (χ0) is 15.4. The monoisotopic (exact) mass is 294 g/mol. The quantitative estimate of drug-likeness (QED) is 0.928. The van der Waals surface area contributed by atoms with E-state index < -0.39 is 11.9 Å². The SMILES string of the molecule is CC(Oc1ccc([C@H](C)N)cc1F)C(=O)N1CCCCC1. The van der Waals surface area contributed by atoms with Crippen molar-refractivity contribution in [2.24, 2.45) is 5.73 Å². The Morgan fingerprint density at radius 1 is 1.29 bits per heavy atom. The summed E-state index contributed by atoms with van der Waals surface area (Å²) in [6.45, 7) is 4.98. The van der Waals surface area contributed by atoms with E-state index in [0.29, 0.717) is 5.56 Å². The topological polar surface area (TPSA) is 55.6 Å². The molecule has 1 saturated heterocycles. The molecule has 1 aliphatic rings. The Labute approximate surface area is 125 Å². The second kappa shape index (κ2) is 6.89. The molecule has 21 heavy (non-hydrogen) atoms. The lowest BCUT2D eigenvalue weighted by Gasteiger charge is -2.29. The third-order valence-corrected chi connectivity index (χ3v) is 3.80. The predicted octanol–water partition coefficient (Wildman–Crippen LogP) is 2.63. The second-order valence-corrected chi connectivity index (χ2v) is 5.62. The molecule has 116 valence electrons. The largest absolute Gasteiger partial charge is 0.478 e. The van der Waals surface area contributed by atoms with Crippen molar-refractivity contribution >= 4 is 5.91 Å². The molecule has 5 heteroatoms. The van der Waals surface area contributed by atoms with Crippen molar-refractivity contribution in [1.29, 1.82) is 0 Å². The third kappa shape index (κ3) is 3.94. The lowest BCUT2D eigenvalue weighted by Crippen LogP contribution is -2.43. The first-order valence-electron chi connectivity index (χ1n) is 7.49. The molecule has 1 amide bonds. The van der Waals surface area contributed by atoms with Crippen LogP contribution >= 0.6 is 0 Å². The highest BCUT2D eigenvalue weighted by Gasteiger charge is 2.24. The van der Waals surface area contributed by atoms with Gasteiger partial charge in [-0.25, -0.2) is 4.39 Å². The van der Waals surface area contributed by atoms with Crippen molar-refractivity contribution in [3.63, 3.8) is 0 Å². The van der Waals surface area contributed by atoms with E-state index in [2.05, 4.69) is 0 Å². The van der Waals surface area contributed by atoms with Gasteiger partial charge in [0, 0.05) is 19.1 Å². The molecule has 2 N–H and O–H groups in total. The predicted molar refractivity (Wildman–Crippen MR) is 79.5 cm³/mol. The van der Waals surface area contributed by atoms with Crippen molar-refractivity contribution in [2.45, 2.75) is 45.3 Å². The van der Waals surface area contributed by atoms with Gasteiger partial charge >= 0.3 is 0 Å². The Bertz CT molecular complexity index is 499. The van der Waals surface area contributed by atoms with Crippen molar-refractivity contribution < 1.29 is 13.9 Å². The van der Waals surface area contributed by atoms with Crippen LogP contribution in [0.4, 0.5) is 4.39 Å². The summed E-state index contributed by atoms with van der Waals surface area (Å²) < 4.78 is 19.5. The molecule has 0 aliphatic carbocycles. The van der Waals surface area contributed by atoms with Gasteiger partial charge < -0.3 is 15.4 Å². The Morgan fingerprint density at radius 2 is 1.95 bits per heavy atom. The first-order chi connectivity index (χ1) is 9.99. The smallest absolute Gasteiger partial charge is 0.263 e. The molecule has 0 spiro atoms. The van der Waals surface area contributed by atoms with Crippen molar-refractivity contribution in [3.05, 3.63) is 29.6 Å². The molecule has 4 nitrogen and oxygen atoms in total. The number of likely N-dealkylation sites (tertiary alicyclic amines) is 1. The number of halogens is 1. The molecule has 1 unspecified atom stereocenters. The van der Waals surface area contributed by atoms with Gasteiger partial charge in [0.1, 0.15) is 0 Å². The van der Waals surface area contributed by atoms with E-state index in [9.17, 15) is 9.18 Å². The van der Waals surface area contributed by atoms with E-state index in [1.54, 1.807) is 24.8 Å². The van der Waals surface area contributed by atoms with E-state index in [4.69, 9.17) is 10.5 Å². The van der Waals surface area contributed by atoms with Crippen LogP contribution in [0.1, 0.15) is 44.7 Å². The Morgan fingerprint density at radius 3 is 2.52 bits per heavy atom. The Kier molecular flexibility index (Phi) is 5.17. The number of nitrogens with two attached hydrogens (primary N) is 1. The van der Waals surface area contributed by atoms with Crippen LogP contribution < -0.4 is 10.5 Å². The molecule has 1 fully saturated rings. The molecule has 1 aromatic carbocycles. The fourth-order valence-corrected chi connectivity index (χ4v) is 2.51. The van der Waals surface area contributed by atoms with Crippen LogP contribution in [0.5, 0.6) is 5.75 Å². The molecule has 0 saturated carbocycles. The highest BCUT2D eigenvalue weighted by Crippen LogP contribution is 2.23. The summed E-state index contributed by atoms with van der Waals surface area (Å²) in [4.78, 5) is 14.0. The molecular weight excluding hydrogens is 271 g/mol. The molecule has 1 aromatic rings. The highest BCUT2D eigenvalue weighted by atomic mass is 19.1. The van der Waals surface area contributed by atoms with Gasteiger partial charge in [-0.1, -0.05) is 6.07 Å². The number of hydrogen-bond donors (Lipinski definition) is 1. The van der Waals surface area contributed by atoms with Crippen LogP contribution in [0, 0.1) is 5.82 Å². The first-order valence-corrected chi connectivity index (χ1v) is 7.49. The maximum atomic E-state index is 14.0. The van der Waals surface area contributed by atoms with Crippen molar-refractivity contribution in [2.75, 3.05) is 13.1 Å². The average molecular weight is 294 g/mol. The fourth-order valence-electron chi connectivity index (χ4n) is 2.51. The first kappa shape index (κ1) is 15.8. The van der Waals surface area contributed by atoms with Gasteiger partial charge in [0.15, 0.2) is 17.7 Å². The number of rotatable bonds is 4. The fraction of sp³-hybridized carbons (Fsp3) is 0.562. The maximum Gasteiger partial charge on any atom is 0.263 e. The van der Waals surface area contributed by atoms with Gasteiger partial charge in [-0.3, -0.25) is 4.79 Å². The summed E-state index contributed by atoms with van der Waals surface area (Å²) in [5.41, 5.74) is 6.41. The van der Waals surface area contributed by atoms with Crippen LogP contribution in [0.3, 0.4) is 0 Å². The van der Waals surface area contributed by atoms with Crippen LogP contribution in [-0.4, -0.2) is 30.0 Å². The summed E-state index contributed by atoms with van der Waals surface area (Å²) >= 11 is 0. The molecule has 1 heterocycles. The Balaban J connectivity index is 2.01. The lowest BCUT2D eigenvalue weighted by molar-refractivity contribution is -0.138. The van der Waals surface area contributed by atoms with Gasteiger partial charge in [-0.2, -0.15) is 0 Å². The molecule has 1 aliphatic heterocycles. The zero-order valence-electron chi connectivity index (χ0n) is 12.6. The van der Waals surface area contributed by atoms with Crippen molar-refractivity contribution in [3.8, 4) is 5.75 Å². The average Bonchev–Trinajstić information content (AvgIpc) is 2.49. The van der Waals surface area contributed by atoms with Crippen LogP contribution in [0.2, 0.25) is 0 Å². The molecule has 2 atom stereocenters. The number of benzene rings is 1. The number of carbonyl (C=O) groups is 1. The van der Waals surface area contributed by atoms with E-state index in [1.165, 1.54) is 12.1 Å². The number of nitrogens with zero attached hydrogens (tertiary/aromatic N) is 1. The number of amides is 1. The van der Waals surface area contributed by atoms with E-state index in [0.717, 1.165) is 32.4 Å². The third-order valence-electron chi connectivity index (χ3n) is 3.80. The van der Waals surface area contributed by atoms with E-state index >= 15 is 0 Å². The van der Waals surface area contributed by atoms with Crippen molar-refractivity contribution in [1.82, 2.24) is 4.90 Å². The zero-order valence-corrected chi connectivity index (χ0v) is 12.6. The summed E-state index contributed by atoms with van der Waals surface area (Å²) in [6.07, 6.45) is 2.52.